The van der Waals surface area contributed by atoms with Crippen LogP contribution < -0.4 is 5.73 Å². The lowest BCUT2D eigenvalue weighted by Crippen LogP contribution is -2.31. The Balaban J connectivity index is 2.93. The van der Waals surface area contributed by atoms with Crippen molar-refractivity contribution >= 4 is 0 Å². The minimum atomic E-state index is -0.908. The fraction of sp³-hybridized carbons (Fsp3) is 0.333. The summed E-state index contributed by atoms with van der Waals surface area (Å²) in [5.74, 6) is 0. The van der Waals surface area contributed by atoms with Crippen LogP contribution in [-0.2, 0) is 5.60 Å². The molecule has 0 aliphatic heterocycles. The lowest BCUT2D eigenvalue weighted by atomic mass is 9.97. The molecule has 1 rings (SSSR count). The van der Waals surface area contributed by atoms with Gasteiger partial charge in [-0.2, -0.15) is 0 Å². The molecule has 0 saturated heterocycles. The summed E-state index contributed by atoms with van der Waals surface area (Å²) in [6.45, 7) is 1.93. The van der Waals surface area contributed by atoms with Crippen LogP contribution in [0.4, 0.5) is 0 Å². The van der Waals surface area contributed by atoms with Crippen LogP contribution in [0.2, 0.25) is 0 Å². The summed E-state index contributed by atoms with van der Waals surface area (Å²) < 4.78 is 0. The molecule has 2 heteroatoms. The second kappa shape index (κ2) is 3.03. The van der Waals surface area contributed by atoms with Crippen LogP contribution in [0.15, 0.2) is 24.3 Å². The highest BCUT2D eigenvalue weighted by Gasteiger charge is 2.19. The third kappa shape index (κ3) is 1.79. The lowest BCUT2D eigenvalue weighted by molar-refractivity contribution is 0.0668. The first kappa shape index (κ1) is 8.24. The Bertz CT molecular complexity index is 218. The van der Waals surface area contributed by atoms with Crippen LogP contribution in [-0.4, -0.2) is 11.7 Å². The van der Waals surface area contributed by atoms with Crippen molar-refractivity contribution in [3.05, 3.63) is 35.9 Å². The Morgan fingerprint density at radius 2 is 2.09 bits per heavy atom. The molecule has 1 aromatic rings. The predicted octanol–water partition coefficient (Wildman–Crippen LogP) is 0.653. The van der Waals surface area contributed by atoms with Gasteiger partial charge in [0, 0.05) is 6.54 Å². The number of hydrogen-bond acceptors (Lipinski definition) is 2. The molecule has 0 amide bonds. The maximum absolute atomic E-state index is 9.66. The molecular weight excluding hydrogens is 138 g/mol. The first-order chi connectivity index (χ1) is 5.17. The summed E-state index contributed by atoms with van der Waals surface area (Å²) in [5, 5.41) is 9.66. The van der Waals surface area contributed by atoms with E-state index in [9.17, 15) is 5.11 Å². The first-order valence-corrected chi connectivity index (χ1v) is 3.56. The van der Waals surface area contributed by atoms with Gasteiger partial charge in [0.2, 0.25) is 0 Å². The van der Waals surface area contributed by atoms with E-state index in [0.717, 1.165) is 5.56 Å². The molecule has 59 valence electrons. The van der Waals surface area contributed by atoms with Crippen LogP contribution in [0, 0.1) is 6.07 Å². The molecule has 1 aromatic carbocycles. The number of rotatable bonds is 2. The van der Waals surface area contributed by atoms with Crippen molar-refractivity contribution in [3.63, 3.8) is 0 Å². The van der Waals surface area contributed by atoms with Gasteiger partial charge in [-0.05, 0) is 18.6 Å². The molecule has 11 heavy (non-hydrogen) atoms. The predicted molar refractivity (Wildman–Crippen MR) is 43.9 cm³/mol. The van der Waals surface area contributed by atoms with E-state index in [4.69, 9.17) is 5.73 Å². The maximum atomic E-state index is 9.66. The third-order valence-electron chi connectivity index (χ3n) is 1.74. The van der Waals surface area contributed by atoms with Gasteiger partial charge in [0.1, 0.15) is 0 Å². The van der Waals surface area contributed by atoms with Crippen LogP contribution >= 0.6 is 0 Å². The molecule has 0 aromatic heterocycles. The van der Waals surface area contributed by atoms with E-state index in [1.54, 1.807) is 19.1 Å². The summed E-state index contributed by atoms with van der Waals surface area (Å²) >= 11 is 0. The van der Waals surface area contributed by atoms with Gasteiger partial charge in [0.15, 0.2) is 0 Å². The Labute approximate surface area is 66.7 Å². The zero-order chi connectivity index (χ0) is 8.32. The van der Waals surface area contributed by atoms with Crippen molar-refractivity contribution < 1.29 is 5.11 Å². The Morgan fingerprint density at radius 1 is 1.55 bits per heavy atom. The molecule has 0 heterocycles. The maximum Gasteiger partial charge on any atom is 0.0990 e. The molecule has 0 fully saturated rings. The van der Waals surface area contributed by atoms with E-state index in [-0.39, 0.29) is 6.54 Å². The number of nitrogens with two attached hydrogens (primary N) is 1. The summed E-state index contributed by atoms with van der Waals surface area (Å²) in [5.41, 5.74) is 5.30. The normalized spacial score (nSPS) is 15.9. The fourth-order valence-corrected chi connectivity index (χ4v) is 0.864. The van der Waals surface area contributed by atoms with E-state index in [1.807, 2.05) is 12.1 Å². The molecule has 2 nitrogen and oxygen atoms in total. The quantitative estimate of drug-likeness (QED) is 0.650. The number of aliphatic hydroxyl groups is 1. The average molecular weight is 150 g/mol. The summed E-state index contributed by atoms with van der Waals surface area (Å²) in [4.78, 5) is 0. The standard InChI is InChI=1S/C9H12NO/c1-9(11,7-10)8-5-3-2-4-6-8/h3-6,11H,7,10H2,1H3. The molecule has 1 atom stereocenters. The topological polar surface area (TPSA) is 46.2 Å². The first-order valence-electron chi connectivity index (χ1n) is 3.56. The van der Waals surface area contributed by atoms with E-state index in [1.165, 1.54) is 0 Å². The molecule has 0 aliphatic carbocycles. The van der Waals surface area contributed by atoms with E-state index < -0.39 is 5.60 Å². The summed E-state index contributed by atoms with van der Waals surface area (Å²) in [7, 11) is 0. The zero-order valence-electron chi connectivity index (χ0n) is 6.54. The van der Waals surface area contributed by atoms with Gasteiger partial charge < -0.3 is 10.8 Å². The number of hydrogen-bond donors (Lipinski definition) is 2. The molecular formula is C9H12NO. The zero-order valence-corrected chi connectivity index (χ0v) is 6.54. The smallest absolute Gasteiger partial charge is 0.0990 e. The monoisotopic (exact) mass is 150 g/mol. The largest absolute Gasteiger partial charge is 0.384 e. The highest BCUT2D eigenvalue weighted by atomic mass is 16.3. The van der Waals surface area contributed by atoms with Gasteiger partial charge in [-0.25, -0.2) is 0 Å². The number of benzene rings is 1. The minimum absolute atomic E-state index is 0.233. The Hall–Kier alpha value is -0.860. The van der Waals surface area contributed by atoms with Crippen molar-refractivity contribution in [2.75, 3.05) is 6.54 Å². The van der Waals surface area contributed by atoms with Crippen molar-refractivity contribution in [3.8, 4) is 0 Å². The molecule has 1 unspecified atom stereocenters. The summed E-state index contributed by atoms with van der Waals surface area (Å²) in [6.07, 6.45) is 0. The SMILES string of the molecule is CC(O)(CN)c1cc[c]cc1. The molecule has 0 bridgehead atoms. The van der Waals surface area contributed by atoms with Crippen molar-refractivity contribution in [1.29, 1.82) is 0 Å². The van der Waals surface area contributed by atoms with Crippen molar-refractivity contribution in [2.24, 2.45) is 5.73 Å². The highest BCUT2D eigenvalue weighted by Crippen LogP contribution is 2.17. The van der Waals surface area contributed by atoms with Crippen LogP contribution in [0.1, 0.15) is 12.5 Å². The Kier molecular flexibility index (Phi) is 2.27. The minimum Gasteiger partial charge on any atom is -0.384 e. The van der Waals surface area contributed by atoms with Crippen molar-refractivity contribution in [1.82, 2.24) is 0 Å². The van der Waals surface area contributed by atoms with Crippen LogP contribution in [0.3, 0.4) is 0 Å². The van der Waals surface area contributed by atoms with E-state index in [2.05, 4.69) is 6.07 Å². The van der Waals surface area contributed by atoms with Crippen LogP contribution in [0.25, 0.3) is 0 Å². The summed E-state index contributed by atoms with van der Waals surface area (Å²) in [6, 6.07) is 10.0. The lowest BCUT2D eigenvalue weighted by Gasteiger charge is -2.20. The van der Waals surface area contributed by atoms with Gasteiger partial charge in [0.25, 0.3) is 0 Å². The second-order valence-corrected chi connectivity index (χ2v) is 2.77. The van der Waals surface area contributed by atoms with Gasteiger partial charge in [-0.3, -0.25) is 0 Å². The highest BCUT2D eigenvalue weighted by molar-refractivity contribution is 5.20. The second-order valence-electron chi connectivity index (χ2n) is 2.77. The molecule has 1 radical (unpaired) electrons. The molecule has 0 saturated carbocycles. The molecule has 0 aliphatic rings. The van der Waals surface area contributed by atoms with Gasteiger partial charge in [-0.1, -0.05) is 24.3 Å². The van der Waals surface area contributed by atoms with E-state index in [0.29, 0.717) is 0 Å². The van der Waals surface area contributed by atoms with Gasteiger partial charge >= 0.3 is 0 Å². The van der Waals surface area contributed by atoms with Gasteiger partial charge in [-0.15, -0.1) is 0 Å². The molecule has 3 N–H and O–H groups in total. The van der Waals surface area contributed by atoms with Crippen LogP contribution in [0.5, 0.6) is 0 Å². The Morgan fingerprint density at radius 3 is 2.55 bits per heavy atom. The average Bonchev–Trinajstić information content (AvgIpc) is 2.06. The third-order valence-corrected chi connectivity index (χ3v) is 1.74. The van der Waals surface area contributed by atoms with Gasteiger partial charge in [0.05, 0.1) is 5.60 Å². The van der Waals surface area contributed by atoms with E-state index >= 15 is 0 Å². The molecule has 0 spiro atoms. The fourth-order valence-electron chi connectivity index (χ4n) is 0.864. The van der Waals surface area contributed by atoms with Crippen molar-refractivity contribution in [2.45, 2.75) is 12.5 Å².